The second-order valence-corrected chi connectivity index (χ2v) is 20.4. The van der Waals surface area contributed by atoms with E-state index in [1.54, 1.807) is 24.1 Å². The van der Waals surface area contributed by atoms with Crippen molar-refractivity contribution < 1.29 is 28.1 Å². The third-order valence-corrected chi connectivity index (χ3v) is 16.9. The fraction of sp³-hybridized carbons (Fsp3) is 0.714. The maximum Gasteiger partial charge on any atom is 0.418 e. The number of nitrogens with zero attached hydrogens (tertiary/aromatic N) is 2. The predicted octanol–water partition coefficient (Wildman–Crippen LogP) is 7.20. The molecule has 0 radical (unpaired) electrons. The zero-order valence-corrected chi connectivity index (χ0v) is 26.8. The normalized spacial score (nSPS) is 24.3. The SMILES string of the molecule is C=CCOC(=O)N1CC(O[Si](C)(C)C(C)(C)C)CC1CC1(P(=O)(CC)CC)C=CN(C(=O)OCC)C(C)=C1. The molecular formula is C28H49N2O6PSi. The molecule has 38 heavy (non-hydrogen) atoms. The molecule has 2 heterocycles. The van der Waals surface area contributed by atoms with Crippen molar-refractivity contribution in [1.29, 1.82) is 0 Å². The highest BCUT2D eigenvalue weighted by atomic mass is 31.2. The van der Waals surface area contributed by atoms with Crippen LogP contribution in [0.15, 0.2) is 36.7 Å². The Morgan fingerprint density at radius 1 is 1.18 bits per heavy atom. The summed E-state index contributed by atoms with van der Waals surface area (Å²) < 4.78 is 31.8. The van der Waals surface area contributed by atoms with Gasteiger partial charge in [0.05, 0.1) is 17.9 Å². The third kappa shape index (κ3) is 6.83. The van der Waals surface area contributed by atoms with Crippen molar-refractivity contribution >= 4 is 27.6 Å². The van der Waals surface area contributed by atoms with Crippen LogP contribution in [0.25, 0.3) is 0 Å². The third-order valence-electron chi connectivity index (χ3n) is 8.36. The van der Waals surface area contributed by atoms with E-state index in [2.05, 4.69) is 40.4 Å². The molecule has 3 atom stereocenters. The molecule has 0 aromatic heterocycles. The lowest BCUT2D eigenvalue weighted by Crippen LogP contribution is -2.45. The average molecular weight is 569 g/mol. The number of hydrogen-bond acceptors (Lipinski definition) is 6. The van der Waals surface area contributed by atoms with Gasteiger partial charge in [-0.3, -0.25) is 4.90 Å². The van der Waals surface area contributed by atoms with E-state index in [1.807, 2.05) is 32.9 Å². The summed E-state index contributed by atoms with van der Waals surface area (Å²) in [6.07, 6.45) is 8.17. The highest BCUT2D eigenvalue weighted by Gasteiger charge is 2.50. The molecule has 10 heteroatoms. The first-order valence-electron chi connectivity index (χ1n) is 13.7. The zero-order chi connectivity index (χ0) is 28.9. The van der Waals surface area contributed by atoms with Crippen molar-refractivity contribution in [2.45, 2.75) is 96.7 Å². The van der Waals surface area contributed by atoms with Crippen molar-refractivity contribution in [3.63, 3.8) is 0 Å². The number of rotatable bonds is 10. The minimum Gasteiger partial charge on any atom is -0.449 e. The second-order valence-electron chi connectivity index (χ2n) is 11.8. The van der Waals surface area contributed by atoms with Crippen LogP contribution in [0, 0.1) is 0 Å². The van der Waals surface area contributed by atoms with Gasteiger partial charge < -0.3 is 23.4 Å². The summed E-state index contributed by atoms with van der Waals surface area (Å²) >= 11 is 0. The van der Waals surface area contributed by atoms with Crippen molar-refractivity contribution in [2.24, 2.45) is 0 Å². The Hall–Kier alpha value is -1.83. The molecular weight excluding hydrogens is 519 g/mol. The number of carbonyl (C=O) groups is 2. The Balaban J connectivity index is 2.49. The lowest BCUT2D eigenvalue weighted by molar-refractivity contribution is 0.101. The van der Waals surface area contributed by atoms with Crippen molar-refractivity contribution in [3.8, 4) is 0 Å². The van der Waals surface area contributed by atoms with Gasteiger partial charge in [-0.05, 0) is 63.2 Å². The molecule has 8 nitrogen and oxygen atoms in total. The average Bonchev–Trinajstić information content (AvgIpc) is 3.22. The summed E-state index contributed by atoms with van der Waals surface area (Å²) in [5.41, 5.74) is 0.668. The van der Waals surface area contributed by atoms with E-state index in [1.165, 1.54) is 4.90 Å². The highest BCUT2D eigenvalue weighted by Crippen LogP contribution is 2.63. The summed E-state index contributed by atoms with van der Waals surface area (Å²) in [4.78, 5) is 28.9. The van der Waals surface area contributed by atoms with Gasteiger partial charge >= 0.3 is 12.2 Å². The Kier molecular flexibility index (Phi) is 10.7. The summed E-state index contributed by atoms with van der Waals surface area (Å²) in [6, 6.07) is -0.239. The van der Waals surface area contributed by atoms with Crippen LogP contribution >= 0.6 is 7.14 Å². The van der Waals surface area contributed by atoms with Crippen LogP contribution in [0.3, 0.4) is 0 Å². The van der Waals surface area contributed by atoms with Crippen molar-refractivity contribution in [1.82, 2.24) is 9.80 Å². The quantitative estimate of drug-likeness (QED) is 0.157. The van der Waals surface area contributed by atoms with Gasteiger partial charge in [-0.2, -0.15) is 0 Å². The van der Waals surface area contributed by atoms with E-state index in [-0.39, 0.29) is 30.4 Å². The number of likely N-dealkylation sites (tertiary alicyclic amines) is 1. The molecule has 2 rings (SSSR count). The minimum absolute atomic E-state index is 0.0309. The lowest BCUT2D eigenvalue weighted by Gasteiger charge is -2.42. The van der Waals surface area contributed by atoms with Gasteiger partial charge in [0.1, 0.15) is 13.7 Å². The molecule has 2 aliphatic heterocycles. The zero-order valence-electron chi connectivity index (χ0n) is 24.9. The van der Waals surface area contributed by atoms with E-state index in [9.17, 15) is 14.2 Å². The Morgan fingerprint density at radius 3 is 2.32 bits per heavy atom. The molecule has 1 saturated heterocycles. The molecule has 2 aliphatic rings. The maximum absolute atomic E-state index is 14.5. The fourth-order valence-electron chi connectivity index (χ4n) is 5.12. The van der Waals surface area contributed by atoms with Gasteiger partial charge in [-0.1, -0.05) is 53.3 Å². The molecule has 0 spiro atoms. The Bertz CT molecular complexity index is 980. The van der Waals surface area contributed by atoms with Crippen LogP contribution in [0.1, 0.15) is 61.3 Å². The number of ether oxygens (including phenoxy) is 2. The van der Waals surface area contributed by atoms with Crippen LogP contribution in [-0.4, -0.2) is 79.7 Å². The summed E-state index contributed by atoms with van der Waals surface area (Å²) in [7, 11) is -4.87. The first-order valence-corrected chi connectivity index (χ1v) is 18.7. The van der Waals surface area contributed by atoms with Gasteiger partial charge in [0.15, 0.2) is 8.32 Å². The minimum atomic E-state index is -2.78. The predicted molar refractivity (Wildman–Crippen MR) is 157 cm³/mol. The van der Waals surface area contributed by atoms with Crippen molar-refractivity contribution in [3.05, 3.63) is 36.7 Å². The smallest absolute Gasteiger partial charge is 0.418 e. The number of hydrogen-bond donors (Lipinski definition) is 0. The first-order chi connectivity index (χ1) is 17.6. The number of carbonyl (C=O) groups excluding carboxylic acids is 2. The van der Waals surface area contributed by atoms with Crippen molar-refractivity contribution in [2.75, 3.05) is 32.1 Å². The number of amides is 2. The molecule has 0 aromatic rings. The second kappa shape index (κ2) is 12.6. The standard InChI is InChI=1S/C28H49N2O6PSi/c1-11-17-35-26(32)30-21-24(36-38(9,10)27(6,7)8)18-23(30)20-28(37(33,13-3)14-4)15-16-29(22(5)19-28)25(31)34-12-2/h11,15-16,19,23-24H,1,12-14,17-18,20-21H2,2-10H3. The van der Waals surface area contributed by atoms with E-state index in [0.717, 1.165) is 0 Å². The molecule has 1 fully saturated rings. The summed E-state index contributed by atoms with van der Waals surface area (Å²) in [6.45, 7) is 23.0. The molecule has 2 amide bonds. The first kappa shape index (κ1) is 32.4. The van der Waals surface area contributed by atoms with E-state index in [0.29, 0.717) is 37.4 Å². The van der Waals surface area contributed by atoms with E-state index in [4.69, 9.17) is 13.9 Å². The van der Waals surface area contributed by atoms with Crippen LogP contribution in [0.4, 0.5) is 9.59 Å². The van der Waals surface area contributed by atoms with Crippen LogP contribution in [0.5, 0.6) is 0 Å². The number of allylic oxidation sites excluding steroid dienone is 3. The van der Waals surface area contributed by atoms with Gasteiger partial charge in [-0.25, -0.2) is 9.59 Å². The maximum atomic E-state index is 14.5. The van der Waals surface area contributed by atoms with Crippen LogP contribution in [-0.2, 0) is 18.5 Å². The van der Waals surface area contributed by atoms with E-state index >= 15 is 0 Å². The van der Waals surface area contributed by atoms with Crippen LogP contribution < -0.4 is 0 Å². The molecule has 216 valence electrons. The molecule has 3 unspecified atom stereocenters. The van der Waals surface area contributed by atoms with Gasteiger partial charge in [-0.15, -0.1) is 0 Å². The van der Waals surface area contributed by atoms with Gasteiger partial charge in [0.25, 0.3) is 0 Å². The van der Waals surface area contributed by atoms with Gasteiger partial charge in [0, 0.05) is 24.5 Å². The highest BCUT2D eigenvalue weighted by molar-refractivity contribution is 7.65. The molecule has 0 aromatic carbocycles. The molecule has 0 N–H and O–H groups in total. The molecule has 0 bridgehead atoms. The summed E-state index contributed by atoms with van der Waals surface area (Å²) in [5.74, 6) is 0. The largest absolute Gasteiger partial charge is 0.449 e. The monoisotopic (exact) mass is 568 g/mol. The van der Waals surface area contributed by atoms with E-state index < -0.39 is 32.8 Å². The Labute approximate surface area is 230 Å². The fourth-order valence-corrected chi connectivity index (χ4v) is 9.40. The topological polar surface area (TPSA) is 85.4 Å². The van der Waals surface area contributed by atoms with Gasteiger partial charge in [0.2, 0.25) is 0 Å². The Morgan fingerprint density at radius 2 is 1.82 bits per heavy atom. The molecule has 0 aliphatic carbocycles. The van der Waals surface area contributed by atoms with Crippen LogP contribution in [0.2, 0.25) is 18.1 Å². The lowest BCUT2D eigenvalue weighted by atomic mass is 9.94. The molecule has 0 saturated carbocycles. The summed E-state index contributed by atoms with van der Waals surface area (Å²) in [5, 5.41) is -0.778.